The molecule has 1 aromatic heterocycles. The van der Waals surface area contributed by atoms with Gasteiger partial charge in [-0.3, -0.25) is 0 Å². The van der Waals surface area contributed by atoms with Crippen molar-refractivity contribution in [1.29, 1.82) is 0 Å². The highest BCUT2D eigenvalue weighted by molar-refractivity contribution is 5.74. The van der Waals surface area contributed by atoms with Crippen LogP contribution >= 0.6 is 0 Å². The van der Waals surface area contributed by atoms with Gasteiger partial charge in [0.05, 0.1) is 12.3 Å². The number of nitrogens with one attached hydrogen (secondary N) is 1. The van der Waals surface area contributed by atoms with Crippen molar-refractivity contribution in [3.05, 3.63) is 59.5 Å². The summed E-state index contributed by atoms with van der Waals surface area (Å²) in [4.78, 5) is 16.0. The molecule has 0 radical (unpaired) electrons. The van der Waals surface area contributed by atoms with Gasteiger partial charge in [0.2, 0.25) is 0 Å². The maximum absolute atomic E-state index is 12.2. The van der Waals surface area contributed by atoms with Gasteiger partial charge in [-0.25, -0.2) is 4.79 Å². The van der Waals surface area contributed by atoms with Gasteiger partial charge in [0.15, 0.2) is 0 Å². The lowest BCUT2D eigenvalue weighted by Crippen LogP contribution is -2.38. The number of carbonyl (C=O) groups is 1. The van der Waals surface area contributed by atoms with Crippen LogP contribution < -0.4 is 5.32 Å². The zero-order valence-corrected chi connectivity index (χ0v) is 14.2. The standard InChI is InChI=1S/C18H25N3O2/c1-14(17-6-5-11-23-17)21(4)18(22)19-12-15-7-9-16(10-8-15)13-20(2)3/h5-11,14H,12-13H2,1-4H3,(H,19,22). The number of hydrogen-bond donors (Lipinski definition) is 1. The SMILES string of the molecule is CC(c1ccco1)N(C)C(=O)NCc1ccc(CN(C)C)cc1. The van der Waals surface area contributed by atoms with Crippen LogP contribution in [0.1, 0.15) is 29.9 Å². The van der Waals surface area contributed by atoms with Gasteiger partial charge >= 0.3 is 6.03 Å². The minimum absolute atomic E-state index is 0.104. The van der Waals surface area contributed by atoms with Crippen molar-refractivity contribution in [2.75, 3.05) is 21.1 Å². The van der Waals surface area contributed by atoms with Crippen molar-refractivity contribution in [2.24, 2.45) is 0 Å². The Bertz CT molecular complexity index is 606. The Hall–Kier alpha value is -2.27. The van der Waals surface area contributed by atoms with Crippen molar-refractivity contribution < 1.29 is 9.21 Å². The average Bonchev–Trinajstić information content (AvgIpc) is 3.06. The Labute approximate surface area is 137 Å². The maximum Gasteiger partial charge on any atom is 0.318 e. The van der Waals surface area contributed by atoms with Crippen LogP contribution in [0.5, 0.6) is 0 Å². The predicted molar refractivity (Wildman–Crippen MR) is 91.0 cm³/mol. The molecular weight excluding hydrogens is 290 g/mol. The summed E-state index contributed by atoms with van der Waals surface area (Å²) in [5.74, 6) is 0.774. The van der Waals surface area contributed by atoms with Crippen LogP contribution in [-0.4, -0.2) is 37.0 Å². The van der Waals surface area contributed by atoms with E-state index in [-0.39, 0.29) is 12.1 Å². The third-order valence-corrected chi connectivity index (χ3v) is 3.82. The molecule has 0 aliphatic rings. The highest BCUT2D eigenvalue weighted by Crippen LogP contribution is 2.18. The zero-order valence-electron chi connectivity index (χ0n) is 14.2. The summed E-state index contributed by atoms with van der Waals surface area (Å²) in [5, 5.41) is 2.94. The molecule has 1 aromatic carbocycles. The fourth-order valence-electron chi connectivity index (χ4n) is 2.33. The Kier molecular flexibility index (Phi) is 5.82. The Morgan fingerprint density at radius 1 is 1.13 bits per heavy atom. The smallest absolute Gasteiger partial charge is 0.318 e. The van der Waals surface area contributed by atoms with Gasteiger partial charge in [0.1, 0.15) is 5.76 Å². The molecule has 2 rings (SSSR count). The Balaban J connectivity index is 1.86. The van der Waals surface area contributed by atoms with Gasteiger partial charge in [0, 0.05) is 20.1 Å². The molecule has 1 N–H and O–H groups in total. The second kappa shape index (κ2) is 7.83. The predicted octanol–water partition coefficient (Wildman–Crippen LogP) is 3.24. The molecule has 2 aromatic rings. The average molecular weight is 315 g/mol. The van der Waals surface area contributed by atoms with E-state index < -0.39 is 0 Å². The molecule has 0 aliphatic heterocycles. The quantitative estimate of drug-likeness (QED) is 0.890. The van der Waals surface area contributed by atoms with Gasteiger partial charge in [-0.05, 0) is 44.3 Å². The molecular formula is C18H25N3O2. The first-order chi connectivity index (χ1) is 11.0. The molecule has 0 spiro atoms. The number of amides is 2. The van der Waals surface area contributed by atoms with Crippen LogP contribution in [0.4, 0.5) is 4.79 Å². The lowest BCUT2D eigenvalue weighted by Gasteiger charge is -2.23. The van der Waals surface area contributed by atoms with Crippen LogP contribution in [0.15, 0.2) is 47.1 Å². The van der Waals surface area contributed by atoms with Crippen molar-refractivity contribution >= 4 is 6.03 Å². The summed E-state index contributed by atoms with van der Waals surface area (Å²) in [6.45, 7) is 3.36. The van der Waals surface area contributed by atoms with Gasteiger partial charge < -0.3 is 19.5 Å². The molecule has 0 bridgehead atoms. The third-order valence-electron chi connectivity index (χ3n) is 3.82. The minimum atomic E-state index is -0.119. The van der Waals surface area contributed by atoms with E-state index in [2.05, 4.69) is 34.5 Å². The highest BCUT2D eigenvalue weighted by atomic mass is 16.3. The molecule has 0 fully saturated rings. The van der Waals surface area contributed by atoms with Crippen LogP contribution in [0.2, 0.25) is 0 Å². The molecule has 1 heterocycles. The summed E-state index contributed by atoms with van der Waals surface area (Å²) in [6.07, 6.45) is 1.62. The number of benzene rings is 1. The monoisotopic (exact) mass is 315 g/mol. The van der Waals surface area contributed by atoms with E-state index in [0.717, 1.165) is 17.9 Å². The number of rotatable bonds is 6. The van der Waals surface area contributed by atoms with Crippen LogP contribution in [0, 0.1) is 0 Å². The van der Waals surface area contributed by atoms with Crippen LogP contribution in [-0.2, 0) is 13.1 Å². The van der Waals surface area contributed by atoms with Crippen molar-refractivity contribution in [3.63, 3.8) is 0 Å². The first-order valence-corrected chi connectivity index (χ1v) is 7.74. The molecule has 1 unspecified atom stereocenters. The number of furan rings is 1. The Morgan fingerprint density at radius 2 is 1.78 bits per heavy atom. The first-order valence-electron chi connectivity index (χ1n) is 7.74. The largest absolute Gasteiger partial charge is 0.467 e. The van der Waals surface area contributed by atoms with E-state index in [1.807, 2.05) is 33.2 Å². The van der Waals surface area contributed by atoms with E-state index >= 15 is 0 Å². The lowest BCUT2D eigenvalue weighted by molar-refractivity contribution is 0.187. The van der Waals surface area contributed by atoms with Crippen molar-refractivity contribution in [1.82, 2.24) is 15.1 Å². The fourth-order valence-corrected chi connectivity index (χ4v) is 2.33. The summed E-state index contributed by atoms with van der Waals surface area (Å²) in [5.41, 5.74) is 2.34. The number of urea groups is 1. The molecule has 124 valence electrons. The Morgan fingerprint density at radius 3 is 2.35 bits per heavy atom. The topological polar surface area (TPSA) is 48.7 Å². The number of carbonyl (C=O) groups excluding carboxylic acids is 1. The summed E-state index contributed by atoms with van der Waals surface area (Å²) < 4.78 is 5.35. The first kappa shape index (κ1) is 17.1. The molecule has 0 aliphatic carbocycles. The highest BCUT2D eigenvalue weighted by Gasteiger charge is 2.18. The maximum atomic E-state index is 12.2. The van der Waals surface area contributed by atoms with E-state index in [1.54, 1.807) is 18.2 Å². The van der Waals surface area contributed by atoms with Crippen molar-refractivity contribution in [2.45, 2.75) is 26.1 Å². The zero-order chi connectivity index (χ0) is 16.8. The summed E-state index contributed by atoms with van der Waals surface area (Å²) in [6, 6.07) is 11.8. The van der Waals surface area contributed by atoms with E-state index in [9.17, 15) is 4.79 Å². The van der Waals surface area contributed by atoms with Gasteiger partial charge in [-0.2, -0.15) is 0 Å². The molecule has 0 saturated heterocycles. The second-order valence-electron chi connectivity index (χ2n) is 6.02. The molecule has 5 nitrogen and oxygen atoms in total. The van der Waals surface area contributed by atoms with Crippen LogP contribution in [0.3, 0.4) is 0 Å². The summed E-state index contributed by atoms with van der Waals surface area (Å²) in [7, 11) is 5.86. The molecule has 23 heavy (non-hydrogen) atoms. The normalized spacial score (nSPS) is 12.2. The van der Waals surface area contributed by atoms with E-state index in [0.29, 0.717) is 6.54 Å². The van der Waals surface area contributed by atoms with Crippen LogP contribution in [0.25, 0.3) is 0 Å². The van der Waals surface area contributed by atoms with Gasteiger partial charge in [-0.15, -0.1) is 0 Å². The minimum Gasteiger partial charge on any atom is -0.467 e. The number of hydrogen-bond acceptors (Lipinski definition) is 3. The van der Waals surface area contributed by atoms with E-state index in [1.165, 1.54) is 5.56 Å². The summed E-state index contributed by atoms with van der Waals surface area (Å²) >= 11 is 0. The fraction of sp³-hybridized carbons (Fsp3) is 0.389. The molecule has 1 atom stereocenters. The van der Waals surface area contributed by atoms with Gasteiger partial charge in [0.25, 0.3) is 0 Å². The molecule has 2 amide bonds. The van der Waals surface area contributed by atoms with Crippen molar-refractivity contribution in [3.8, 4) is 0 Å². The van der Waals surface area contributed by atoms with Gasteiger partial charge in [-0.1, -0.05) is 24.3 Å². The number of nitrogens with zero attached hydrogens (tertiary/aromatic N) is 2. The molecule has 0 saturated carbocycles. The van der Waals surface area contributed by atoms with E-state index in [4.69, 9.17) is 4.42 Å². The second-order valence-corrected chi connectivity index (χ2v) is 6.02. The third kappa shape index (κ3) is 4.86. The molecule has 5 heteroatoms. The lowest BCUT2D eigenvalue weighted by atomic mass is 10.1.